The van der Waals surface area contributed by atoms with E-state index in [-0.39, 0.29) is 10.8 Å². The maximum absolute atomic E-state index is 10.5. The van der Waals surface area contributed by atoms with Crippen molar-refractivity contribution in [3.8, 4) is 11.5 Å². The summed E-state index contributed by atoms with van der Waals surface area (Å²) in [6.07, 6.45) is 0.266. The minimum Gasteiger partial charge on any atom is -0.494 e. The summed E-state index contributed by atoms with van der Waals surface area (Å²) in [6, 6.07) is 3.14. The lowest BCUT2D eigenvalue weighted by atomic mass is 10.2. The van der Waals surface area contributed by atoms with Gasteiger partial charge in [-0.2, -0.15) is 0 Å². The second kappa shape index (κ2) is 3.94. The lowest BCUT2D eigenvalue weighted by Gasteiger charge is -2.07. The van der Waals surface area contributed by atoms with Crippen LogP contribution in [0.3, 0.4) is 0 Å². The number of halogens is 1. The van der Waals surface area contributed by atoms with Crippen molar-refractivity contribution in [2.24, 2.45) is 0 Å². The molecule has 5 nitrogen and oxygen atoms in total. The van der Waals surface area contributed by atoms with Crippen LogP contribution in [0.25, 0.3) is 10.9 Å². The molecule has 1 aromatic heterocycles. The van der Waals surface area contributed by atoms with Crippen LogP contribution in [0, 0.1) is 0 Å². The van der Waals surface area contributed by atoms with Gasteiger partial charge in [-0.3, -0.25) is 0 Å². The van der Waals surface area contributed by atoms with Gasteiger partial charge in [0, 0.05) is 17.6 Å². The highest BCUT2D eigenvalue weighted by Gasteiger charge is 2.15. The van der Waals surface area contributed by atoms with Crippen LogP contribution in [0.1, 0.15) is 0 Å². The lowest BCUT2D eigenvalue weighted by Crippen LogP contribution is -2.03. The van der Waals surface area contributed by atoms with E-state index in [0.29, 0.717) is 16.7 Å². The molecule has 0 aliphatic heterocycles. The number of aromatic amines is 1. The topological polar surface area (TPSA) is 71.6 Å². The molecule has 0 aliphatic rings. The zero-order valence-electron chi connectivity index (χ0n) is 8.28. The number of hydrogen-bond acceptors (Lipinski definition) is 3. The van der Waals surface area contributed by atoms with Gasteiger partial charge >= 0.3 is 6.16 Å². The van der Waals surface area contributed by atoms with Crippen molar-refractivity contribution >= 4 is 28.7 Å². The quantitative estimate of drug-likeness (QED) is 0.626. The Bertz CT molecular complexity index is 549. The first-order valence-corrected chi connectivity index (χ1v) is 4.75. The largest absolute Gasteiger partial charge is 0.511 e. The van der Waals surface area contributed by atoms with E-state index in [1.807, 2.05) is 0 Å². The molecule has 0 fully saturated rings. The monoisotopic (exact) mass is 241 g/mol. The summed E-state index contributed by atoms with van der Waals surface area (Å²) < 4.78 is 9.66. The fraction of sp³-hybridized carbons (Fsp3) is 0.100. The van der Waals surface area contributed by atoms with Gasteiger partial charge in [0.05, 0.1) is 17.6 Å². The SMILES string of the molecule is COc1cc(OC(=O)O)c(Cl)c2cc[nH]c12. The highest BCUT2D eigenvalue weighted by atomic mass is 35.5. The van der Waals surface area contributed by atoms with E-state index < -0.39 is 6.16 Å². The van der Waals surface area contributed by atoms with E-state index in [9.17, 15) is 4.79 Å². The molecule has 2 N–H and O–H groups in total. The molecule has 0 bridgehead atoms. The molecule has 0 saturated carbocycles. The Labute approximate surface area is 95.5 Å². The molecule has 0 atom stereocenters. The van der Waals surface area contributed by atoms with Crippen molar-refractivity contribution in [2.75, 3.05) is 7.11 Å². The molecule has 2 rings (SSSR count). The van der Waals surface area contributed by atoms with Crippen LogP contribution >= 0.6 is 11.6 Å². The van der Waals surface area contributed by atoms with Crippen molar-refractivity contribution in [2.45, 2.75) is 0 Å². The number of hydrogen-bond donors (Lipinski definition) is 2. The number of carbonyl (C=O) groups is 1. The first-order valence-electron chi connectivity index (χ1n) is 4.38. The van der Waals surface area contributed by atoms with E-state index in [1.54, 1.807) is 12.3 Å². The van der Waals surface area contributed by atoms with Gasteiger partial charge in [-0.15, -0.1) is 0 Å². The Balaban J connectivity index is 2.65. The smallest absolute Gasteiger partial charge is 0.494 e. The van der Waals surface area contributed by atoms with Crippen LogP contribution in [0.15, 0.2) is 18.3 Å². The van der Waals surface area contributed by atoms with Crippen molar-refractivity contribution in [1.82, 2.24) is 4.98 Å². The number of ether oxygens (including phenoxy) is 2. The molecular formula is C10H8ClNO4. The van der Waals surface area contributed by atoms with Gasteiger partial charge < -0.3 is 19.6 Å². The summed E-state index contributed by atoms with van der Waals surface area (Å²) in [4.78, 5) is 13.4. The Morgan fingerprint density at radius 1 is 1.50 bits per heavy atom. The zero-order chi connectivity index (χ0) is 11.7. The summed E-state index contributed by atoms with van der Waals surface area (Å²) in [5.74, 6) is 0.527. The van der Waals surface area contributed by atoms with E-state index in [2.05, 4.69) is 9.72 Å². The molecule has 16 heavy (non-hydrogen) atoms. The van der Waals surface area contributed by atoms with Crippen LogP contribution in [0.5, 0.6) is 11.5 Å². The van der Waals surface area contributed by atoms with E-state index in [0.717, 1.165) is 0 Å². The summed E-state index contributed by atoms with van der Waals surface area (Å²) in [5.41, 5.74) is 0.699. The van der Waals surface area contributed by atoms with Crippen molar-refractivity contribution in [3.63, 3.8) is 0 Å². The predicted octanol–water partition coefficient (Wildman–Crippen LogP) is 2.89. The number of rotatable bonds is 2. The molecule has 0 radical (unpaired) electrons. The number of carboxylic acid groups (broad SMARTS) is 1. The van der Waals surface area contributed by atoms with Gasteiger partial charge in [0.1, 0.15) is 5.75 Å². The highest BCUT2D eigenvalue weighted by molar-refractivity contribution is 6.37. The Kier molecular flexibility index (Phi) is 2.62. The molecule has 0 amide bonds. The van der Waals surface area contributed by atoms with Crippen LogP contribution in [-0.4, -0.2) is 23.4 Å². The lowest BCUT2D eigenvalue weighted by molar-refractivity contribution is 0.144. The van der Waals surface area contributed by atoms with Gasteiger partial charge in [0.15, 0.2) is 5.75 Å². The Morgan fingerprint density at radius 2 is 2.25 bits per heavy atom. The third kappa shape index (κ3) is 1.65. The predicted molar refractivity (Wildman–Crippen MR) is 58.5 cm³/mol. The average Bonchev–Trinajstić information content (AvgIpc) is 2.70. The average molecular weight is 242 g/mol. The van der Waals surface area contributed by atoms with Gasteiger partial charge in [-0.05, 0) is 6.07 Å². The minimum atomic E-state index is -1.42. The van der Waals surface area contributed by atoms with Crippen LogP contribution in [0.2, 0.25) is 5.02 Å². The zero-order valence-corrected chi connectivity index (χ0v) is 9.04. The second-order valence-corrected chi connectivity index (χ2v) is 3.40. The van der Waals surface area contributed by atoms with E-state index in [4.69, 9.17) is 21.4 Å². The summed E-state index contributed by atoms with van der Waals surface area (Å²) in [7, 11) is 1.48. The Morgan fingerprint density at radius 3 is 2.88 bits per heavy atom. The van der Waals surface area contributed by atoms with E-state index in [1.165, 1.54) is 13.2 Å². The fourth-order valence-corrected chi connectivity index (χ4v) is 1.72. The molecule has 1 aromatic carbocycles. The van der Waals surface area contributed by atoms with Crippen LogP contribution < -0.4 is 9.47 Å². The second-order valence-electron chi connectivity index (χ2n) is 3.03. The van der Waals surface area contributed by atoms with E-state index >= 15 is 0 Å². The number of benzene rings is 1. The van der Waals surface area contributed by atoms with Crippen molar-refractivity contribution < 1.29 is 19.4 Å². The third-order valence-corrected chi connectivity index (χ3v) is 2.52. The van der Waals surface area contributed by atoms with Gasteiger partial charge in [0.25, 0.3) is 0 Å². The standard InChI is InChI=1S/C10H8ClNO4/c1-15-7-4-6(16-10(13)14)8(11)5-2-3-12-9(5)7/h2-4,12H,1H3,(H,13,14). The van der Waals surface area contributed by atoms with Crippen molar-refractivity contribution in [3.05, 3.63) is 23.4 Å². The molecule has 84 valence electrons. The van der Waals surface area contributed by atoms with Crippen LogP contribution in [0.4, 0.5) is 4.79 Å². The first-order chi connectivity index (χ1) is 7.63. The molecule has 2 aromatic rings. The van der Waals surface area contributed by atoms with Crippen molar-refractivity contribution in [1.29, 1.82) is 0 Å². The minimum absolute atomic E-state index is 0.0538. The van der Waals surface area contributed by atoms with Gasteiger partial charge in [-0.25, -0.2) is 4.79 Å². The maximum atomic E-state index is 10.5. The molecule has 6 heteroatoms. The number of methoxy groups -OCH3 is 1. The maximum Gasteiger partial charge on any atom is 0.511 e. The number of aromatic nitrogens is 1. The van der Waals surface area contributed by atoms with Crippen LogP contribution in [-0.2, 0) is 0 Å². The fourth-order valence-electron chi connectivity index (χ4n) is 1.47. The molecule has 0 unspecified atom stereocenters. The molecule has 0 saturated heterocycles. The number of nitrogens with one attached hydrogen (secondary N) is 1. The van der Waals surface area contributed by atoms with Gasteiger partial charge in [0.2, 0.25) is 0 Å². The summed E-state index contributed by atoms with van der Waals surface area (Å²) in [5, 5.41) is 9.43. The van der Waals surface area contributed by atoms with Gasteiger partial charge in [-0.1, -0.05) is 11.6 Å². The molecule has 0 spiro atoms. The third-order valence-electron chi connectivity index (χ3n) is 2.13. The Hall–Kier alpha value is -1.88. The summed E-state index contributed by atoms with van der Waals surface area (Å²) >= 11 is 5.99. The molecule has 1 heterocycles. The molecular weight excluding hydrogens is 234 g/mol. The molecule has 0 aliphatic carbocycles. The normalized spacial score (nSPS) is 10.4. The first kappa shape index (κ1) is 10.6. The number of fused-ring (bicyclic) bond motifs is 1. The summed E-state index contributed by atoms with van der Waals surface area (Å²) in [6.45, 7) is 0. The highest BCUT2D eigenvalue weighted by Crippen LogP contribution is 2.38. The number of H-pyrrole nitrogens is 1.